The minimum atomic E-state index is 0.456. The predicted molar refractivity (Wildman–Crippen MR) is 82.4 cm³/mol. The van der Waals surface area contributed by atoms with Crippen molar-refractivity contribution in [1.82, 2.24) is 5.32 Å². The van der Waals surface area contributed by atoms with E-state index in [1.165, 1.54) is 24.8 Å². The second-order valence-corrected chi connectivity index (χ2v) is 5.60. The Morgan fingerprint density at radius 2 is 2.10 bits per heavy atom. The van der Waals surface area contributed by atoms with Crippen molar-refractivity contribution in [2.45, 2.75) is 50.7 Å². The van der Waals surface area contributed by atoms with Crippen molar-refractivity contribution in [2.24, 2.45) is 0 Å². The van der Waals surface area contributed by atoms with Gasteiger partial charge < -0.3 is 14.8 Å². The zero-order valence-electron chi connectivity index (χ0n) is 12.7. The fourth-order valence-electron chi connectivity index (χ4n) is 2.82. The number of hydrogen-bond acceptors (Lipinski definition) is 3. The summed E-state index contributed by atoms with van der Waals surface area (Å²) >= 11 is 0. The Morgan fingerprint density at radius 3 is 2.70 bits per heavy atom. The fourth-order valence-corrected chi connectivity index (χ4v) is 2.82. The summed E-state index contributed by atoms with van der Waals surface area (Å²) in [6.07, 6.45) is 7.61. The Bertz CT molecular complexity index is 371. The van der Waals surface area contributed by atoms with Crippen LogP contribution in [0.2, 0.25) is 0 Å². The molecule has 3 nitrogen and oxygen atoms in total. The first-order valence-electron chi connectivity index (χ1n) is 7.73. The highest BCUT2D eigenvalue weighted by atomic mass is 16.5. The first-order valence-corrected chi connectivity index (χ1v) is 7.73. The second kappa shape index (κ2) is 8.28. The van der Waals surface area contributed by atoms with Crippen LogP contribution in [0.3, 0.4) is 0 Å². The van der Waals surface area contributed by atoms with Crippen molar-refractivity contribution in [1.29, 1.82) is 0 Å². The normalized spacial score (nSPS) is 20.6. The van der Waals surface area contributed by atoms with E-state index >= 15 is 0 Å². The molecule has 0 aromatic heterocycles. The summed E-state index contributed by atoms with van der Waals surface area (Å²) in [5, 5.41) is 3.44. The Kier molecular flexibility index (Phi) is 6.34. The van der Waals surface area contributed by atoms with Gasteiger partial charge in [0.05, 0.1) is 13.2 Å². The maximum atomic E-state index is 5.84. The minimum Gasteiger partial charge on any atom is -0.497 e. The summed E-state index contributed by atoms with van der Waals surface area (Å²) in [4.78, 5) is 0. The number of nitrogens with one attached hydrogen (secondary N) is 1. The molecule has 1 saturated heterocycles. The number of hydrogen-bond donors (Lipinski definition) is 1. The number of aryl methyl sites for hydroxylation is 1. The number of ether oxygens (including phenoxy) is 2. The number of methoxy groups -OCH3 is 1. The van der Waals surface area contributed by atoms with Crippen LogP contribution in [0, 0.1) is 0 Å². The predicted octanol–water partition coefficient (Wildman–Crippen LogP) is 3.18. The van der Waals surface area contributed by atoms with Gasteiger partial charge in [0.2, 0.25) is 0 Å². The number of benzene rings is 1. The minimum absolute atomic E-state index is 0.456. The molecule has 1 heterocycles. The third-order valence-electron chi connectivity index (χ3n) is 4.17. The van der Waals surface area contributed by atoms with Gasteiger partial charge in [-0.15, -0.1) is 0 Å². The highest BCUT2D eigenvalue weighted by molar-refractivity contribution is 5.27. The van der Waals surface area contributed by atoms with Gasteiger partial charge in [0.25, 0.3) is 0 Å². The molecule has 20 heavy (non-hydrogen) atoms. The zero-order valence-corrected chi connectivity index (χ0v) is 12.7. The van der Waals surface area contributed by atoms with Gasteiger partial charge >= 0.3 is 0 Å². The van der Waals surface area contributed by atoms with Crippen molar-refractivity contribution in [2.75, 3.05) is 20.8 Å². The molecule has 2 rings (SSSR count). The quantitative estimate of drug-likeness (QED) is 0.830. The van der Waals surface area contributed by atoms with Crippen LogP contribution in [0.25, 0.3) is 0 Å². The summed E-state index contributed by atoms with van der Waals surface area (Å²) in [5.74, 6) is 0.925. The first kappa shape index (κ1) is 15.3. The van der Waals surface area contributed by atoms with E-state index in [4.69, 9.17) is 9.47 Å². The van der Waals surface area contributed by atoms with Crippen LogP contribution in [0.15, 0.2) is 24.3 Å². The van der Waals surface area contributed by atoms with Gasteiger partial charge in [0.15, 0.2) is 0 Å². The van der Waals surface area contributed by atoms with Crippen molar-refractivity contribution in [3.63, 3.8) is 0 Å². The van der Waals surface area contributed by atoms with Gasteiger partial charge in [-0.05, 0) is 63.3 Å². The average molecular weight is 277 g/mol. The lowest BCUT2D eigenvalue weighted by molar-refractivity contribution is 0.00519. The third-order valence-corrected chi connectivity index (χ3v) is 4.17. The van der Waals surface area contributed by atoms with Crippen molar-refractivity contribution in [3.8, 4) is 5.75 Å². The van der Waals surface area contributed by atoms with Crippen LogP contribution < -0.4 is 10.1 Å². The zero-order chi connectivity index (χ0) is 14.2. The maximum Gasteiger partial charge on any atom is 0.118 e. The molecule has 112 valence electrons. The Labute approximate surface area is 122 Å². The topological polar surface area (TPSA) is 30.5 Å². The first-order chi connectivity index (χ1) is 9.81. The van der Waals surface area contributed by atoms with E-state index < -0.39 is 0 Å². The van der Waals surface area contributed by atoms with Gasteiger partial charge in [-0.1, -0.05) is 12.1 Å². The van der Waals surface area contributed by atoms with E-state index in [1.54, 1.807) is 7.11 Å². The second-order valence-electron chi connectivity index (χ2n) is 5.60. The van der Waals surface area contributed by atoms with Crippen LogP contribution in [-0.4, -0.2) is 32.9 Å². The molecule has 1 fully saturated rings. The summed E-state index contributed by atoms with van der Waals surface area (Å²) in [6, 6.07) is 8.92. The molecule has 3 heteroatoms. The lowest BCUT2D eigenvalue weighted by Crippen LogP contribution is -2.33. The van der Waals surface area contributed by atoms with E-state index in [0.29, 0.717) is 12.1 Å². The van der Waals surface area contributed by atoms with E-state index in [-0.39, 0.29) is 0 Å². The van der Waals surface area contributed by atoms with E-state index in [2.05, 4.69) is 24.5 Å². The molecule has 0 aliphatic carbocycles. The van der Waals surface area contributed by atoms with Crippen molar-refractivity contribution >= 4 is 0 Å². The highest BCUT2D eigenvalue weighted by Gasteiger charge is 2.18. The molecule has 0 amide bonds. The summed E-state index contributed by atoms with van der Waals surface area (Å²) in [5.41, 5.74) is 1.37. The molecule has 0 radical (unpaired) electrons. The standard InChI is InChI=1S/C17H27NO2/c1-18-15(13-17-5-3-4-12-20-17)9-6-14-7-10-16(19-2)11-8-14/h7-8,10-11,15,17-18H,3-6,9,12-13H2,1-2H3. The third kappa shape index (κ3) is 4.80. The average Bonchev–Trinajstić information content (AvgIpc) is 2.53. The molecule has 1 aromatic carbocycles. The van der Waals surface area contributed by atoms with Crippen LogP contribution in [-0.2, 0) is 11.2 Å². The smallest absolute Gasteiger partial charge is 0.118 e. The lowest BCUT2D eigenvalue weighted by Gasteiger charge is -2.27. The molecular formula is C17H27NO2. The van der Waals surface area contributed by atoms with Gasteiger partial charge in [0, 0.05) is 12.6 Å². The van der Waals surface area contributed by atoms with Crippen molar-refractivity contribution in [3.05, 3.63) is 29.8 Å². The molecule has 1 aromatic rings. The monoisotopic (exact) mass is 277 g/mol. The fraction of sp³-hybridized carbons (Fsp3) is 0.647. The molecule has 1 aliphatic heterocycles. The Morgan fingerprint density at radius 1 is 1.30 bits per heavy atom. The summed E-state index contributed by atoms with van der Waals surface area (Å²) in [7, 11) is 3.76. The summed E-state index contributed by atoms with van der Waals surface area (Å²) in [6.45, 7) is 0.944. The van der Waals surface area contributed by atoms with Gasteiger partial charge in [0.1, 0.15) is 5.75 Å². The van der Waals surface area contributed by atoms with Crippen LogP contribution in [0.5, 0.6) is 5.75 Å². The van der Waals surface area contributed by atoms with Gasteiger partial charge in [-0.3, -0.25) is 0 Å². The van der Waals surface area contributed by atoms with Gasteiger partial charge in [-0.25, -0.2) is 0 Å². The molecule has 0 spiro atoms. The molecular weight excluding hydrogens is 250 g/mol. The molecule has 2 atom stereocenters. The van der Waals surface area contributed by atoms with Gasteiger partial charge in [-0.2, -0.15) is 0 Å². The Hall–Kier alpha value is -1.06. The maximum absolute atomic E-state index is 5.84. The van der Waals surface area contributed by atoms with Crippen LogP contribution in [0.4, 0.5) is 0 Å². The largest absolute Gasteiger partial charge is 0.497 e. The van der Waals surface area contributed by atoms with E-state index in [0.717, 1.165) is 31.6 Å². The van der Waals surface area contributed by atoms with E-state index in [1.807, 2.05) is 12.1 Å². The molecule has 0 saturated carbocycles. The van der Waals surface area contributed by atoms with E-state index in [9.17, 15) is 0 Å². The van der Waals surface area contributed by atoms with Crippen LogP contribution >= 0.6 is 0 Å². The highest BCUT2D eigenvalue weighted by Crippen LogP contribution is 2.19. The molecule has 1 aliphatic rings. The molecule has 2 unspecified atom stereocenters. The van der Waals surface area contributed by atoms with Crippen molar-refractivity contribution < 1.29 is 9.47 Å². The summed E-state index contributed by atoms with van der Waals surface area (Å²) < 4.78 is 11.0. The number of rotatable bonds is 7. The SMILES string of the molecule is CNC(CCc1ccc(OC)cc1)CC1CCCCO1. The molecule has 1 N–H and O–H groups in total. The lowest BCUT2D eigenvalue weighted by atomic mass is 9.97. The van der Waals surface area contributed by atoms with Crippen LogP contribution in [0.1, 0.15) is 37.7 Å². The molecule has 0 bridgehead atoms. The Balaban J connectivity index is 1.77.